The maximum atomic E-state index is 13.1. The minimum absolute atomic E-state index is 0.107. The molecule has 0 bridgehead atoms. The van der Waals surface area contributed by atoms with E-state index in [1.807, 2.05) is 6.92 Å². The summed E-state index contributed by atoms with van der Waals surface area (Å²) in [7, 11) is 0. The molecule has 1 atom stereocenters. The SMILES string of the molecule is CCc1c(C(=O)NCC2CCCN2)cnn1-c1ccc(F)cc1. The van der Waals surface area contributed by atoms with Crippen molar-refractivity contribution in [1.82, 2.24) is 20.4 Å². The van der Waals surface area contributed by atoms with Crippen LogP contribution in [-0.2, 0) is 6.42 Å². The van der Waals surface area contributed by atoms with Gasteiger partial charge in [0.05, 0.1) is 23.1 Å². The number of hydrogen-bond donors (Lipinski definition) is 2. The Kier molecular flexibility index (Phi) is 4.71. The molecule has 1 fully saturated rings. The lowest BCUT2D eigenvalue weighted by Crippen LogP contribution is -2.37. The molecule has 3 rings (SSSR count). The second-order valence-electron chi connectivity index (χ2n) is 5.75. The first-order valence-electron chi connectivity index (χ1n) is 8.03. The first-order chi connectivity index (χ1) is 11.2. The molecule has 0 radical (unpaired) electrons. The summed E-state index contributed by atoms with van der Waals surface area (Å²) in [4.78, 5) is 12.4. The minimum Gasteiger partial charge on any atom is -0.350 e. The Morgan fingerprint density at radius 3 is 2.87 bits per heavy atom. The van der Waals surface area contributed by atoms with Crippen molar-refractivity contribution in [2.75, 3.05) is 13.1 Å². The van der Waals surface area contributed by atoms with Gasteiger partial charge in [0.2, 0.25) is 0 Å². The summed E-state index contributed by atoms with van der Waals surface area (Å²) >= 11 is 0. The number of carbonyl (C=O) groups excluding carboxylic acids is 1. The Hall–Kier alpha value is -2.21. The molecule has 23 heavy (non-hydrogen) atoms. The van der Waals surface area contributed by atoms with Crippen molar-refractivity contribution in [3.63, 3.8) is 0 Å². The molecule has 1 aromatic carbocycles. The van der Waals surface area contributed by atoms with E-state index in [1.54, 1.807) is 23.0 Å². The number of halogens is 1. The normalized spacial score (nSPS) is 17.4. The van der Waals surface area contributed by atoms with Crippen LogP contribution >= 0.6 is 0 Å². The summed E-state index contributed by atoms with van der Waals surface area (Å²) in [6, 6.07) is 6.46. The monoisotopic (exact) mass is 316 g/mol. The third-order valence-electron chi connectivity index (χ3n) is 4.19. The molecule has 2 aromatic rings. The zero-order valence-corrected chi connectivity index (χ0v) is 13.2. The van der Waals surface area contributed by atoms with E-state index in [2.05, 4.69) is 15.7 Å². The molecule has 0 saturated carbocycles. The minimum atomic E-state index is -0.291. The van der Waals surface area contributed by atoms with Gasteiger partial charge in [0.1, 0.15) is 5.82 Å². The molecule has 1 aliphatic heterocycles. The van der Waals surface area contributed by atoms with Crippen molar-refractivity contribution in [3.05, 3.63) is 47.5 Å². The summed E-state index contributed by atoms with van der Waals surface area (Å²) in [6.45, 7) is 3.62. The molecule has 1 aromatic heterocycles. The van der Waals surface area contributed by atoms with Crippen LogP contribution in [-0.4, -0.2) is 34.8 Å². The van der Waals surface area contributed by atoms with E-state index in [0.29, 0.717) is 24.6 Å². The zero-order chi connectivity index (χ0) is 16.2. The molecule has 1 saturated heterocycles. The van der Waals surface area contributed by atoms with E-state index in [9.17, 15) is 9.18 Å². The van der Waals surface area contributed by atoms with E-state index in [1.165, 1.54) is 12.1 Å². The van der Waals surface area contributed by atoms with Crippen molar-refractivity contribution in [2.24, 2.45) is 0 Å². The fraction of sp³-hybridized carbons (Fsp3) is 0.412. The Morgan fingerprint density at radius 1 is 1.43 bits per heavy atom. The predicted molar refractivity (Wildman–Crippen MR) is 86.3 cm³/mol. The fourth-order valence-corrected chi connectivity index (χ4v) is 2.95. The van der Waals surface area contributed by atoms with Gasteiger partial charge in [0.25, 0.3) is 5.91 Å². The maximum Gasteiger partial charge on any atom is 0.254 e. The summed E-state index contributed by atoms with van der Waals surface area (Å²) in [6.07, 6.45) is 4.50. The summed E-state index contributed by atoms with van der Waals surface area (Å²) in [5.74, 6) is -0.398. The van der Waals surface area contributed by atoms with Crippen molar-refractivity contribution in [1.29, 1.82) is 0 Å². The van der Waals surface area contributed by atoms with Gasteiger partial charge in [-0.25, -0.2) is 9.07 Å². The molecule has 0 spiro atoms. The van der Waals surface area contributed by atoms with Crippen LogP contribution in [0.2, 0.25) is 0 Å². The predicted octanol–water partition coefficient (Wildman–Crippen LogP) is 2.06. The number of hydrogen-bond acceptors (Lipinski definition) is 3. The highest BCUT2D eigenvalue weighted by Gasteiger charge is 2.19. The molecular formula is C17H21FN4O. The average Bonchev–Trinajstić information content (AvgIpc) is 3.22. The smallest absolute Gasteiger partial charge is 0.254 e. The summed E-state index contributed by atoms with van der Waals surface area (Å²) in [5, 5.41) is 10.6. The summed E-state index contributed by atoms with van der Waals surface area (Å²) in [5.41, 5.74) is 2.16. The van der Waals surface area contributed by atoms with Gasteiger partial charge in [-0.15, -0.1) is 0 Å². The summed E-state index contributed by atoms with van der Waals surface area (Å²) < 4.78 is 14.8. The third kappa shape index (κ3) is 3.42. The first-order valence-corrected chi connectivity index (χ1v) is 8.03. The van der Waals surface area contributed by atoms with Crippen LogP contribution in [0.5, 0.6) is 0 Å². The van der Waals surface area contributed by atoms with Gasteiger partial charge in [-0.05, 0) is 50.1 Å². The lowest BCUT2D eigenvalue weighted by molar-refractivity contribution is 0.0949. The van der Waals surface area contributed by atoms with Gasteiger partial charge in [-0.3, -0.25) is 4.79 Å². The molecule has 5 nitrogen and oxygen atoms in total. The van der Waals surface area contributed by atoms with Crippen LogP contribution in [0, 0.1) is 5.82 Å². The lowest BCUT2D eigenvalue weighted by Gasteiger charge is -2.12. The Morgan fingerprint density at radius 2 is 2.22 bits per heavy atom. The number of nitrogens with zero attached hydrogens (tertiary/aromatic N) is 2. The zero-order valence-electron chi connectivity index (χ0n) is 13.2. The molecule has 0 aliphatic carbocycles. The van der Waals surface area contributed by atoms with E-state index in [0.717, 1.165) is 30.8 Å². The van der Waals surface area contributed by atoms with Gasteiger partial charge in [-0.1, -0.05) is 6.92 Å². The van der Waals surface area contributed by atoms with E-state index >= 15 is 0 Å². The molecule has 122 valence electrons. The van der Waals surface area contributed by atoms with Crippen molar-refractivity contribution < 1.29 is 9.18 Å². The van der Waals surface area contributed by atoms with Gasteiger partial charge in [0, 0.05) is 12.6 Å². The van der Waals surface area contributed by atoms with Crippen LogP contribution in [0.3, 0.4) is 0 Å². The number of nitrogens with one attached hydrogen (secondary N) is 2. The lowest BCUT2D eigenvalue weighted by atomic mass is 10.1. The van der Waals surface area contributed by atoms with E-state index < -0.39 is 0 Å². The van der Waals surface area contributed by atoms with Crippen LogP contribution in [0.1, 0.15) is 35.8 Å². The highest BCUT2D eigenvalue weighted by atomic mass is 19.1. The van der Waals surface area contributed by atoms with Gasteiger partial charge in [0.15, 0.2) is 0 Å². The number of amides is 1. The standard InChI is InChI=1S/C17H21FN4O/c1-2-16-15(17(23)20-10-13-4-3-9-19-13)11-21-22(16)14-7-5-12(18)6-8-14/h5-8,11,13,19H,2-4,9-10H2,1H3,(H,20,23). The van der Waals surface area contributed by atoms with Crippen molar-refractivity contribution in [2.45, 2.75) is 32.2 Å². The number of aromatic nitrogens is 2. The quantitative estimate of drug-likeness (QED) is 0.888. The number of rotatable bonds is 5. The second-order valence-corrected chi connectivity index (χ2v) is 5.75. The highest BCUT2D eigenvalue weighted by molar-refractivity contribution is 5.95. The number of benzene rings is 1. The van der Waals surface area contributed by atoms with Crippen molar-refractivity contribution >= 4 is 5.91 Å². The molecule has 2 heterocycles. The molecule has 1 amide bonds. The first kappa shape index (κ1) is 15.7. The van der Waals surface area contributed by atoms with Gasteiger partial charge >= 0.3 is 0 Å². The van der Waals surface area contributed by atoms with Crippen LogP contribution in [0.15, 0.2) is 30.5 Å². The second kappa shape index (κ2) is 6.91. The Labute approximate surface area is 134 Å². The Bertz CT molecular complexity index is 674. The van der Waals surface area contributed by atoms with Crippen LogP contribution in [0.25, 0.3) is 5.69 Å². The highest BCUT2D eigenvalue weighted by Crippen LogP contribution is 2.16. The maximum absolute atomic E-state index is 13.1. The molecule has 1 aliphatic rings. The van der Waals surface area contributed by atoms with Crippen LogP contribution < -0.4 is 10.6 Å². The van der Waals surface area contributed by atoms with Gasteiger partial charge in [-0.2, -0.15) is 5.10 Å². The van der Waals surface area contributed by atoms with Gasteiger partial charge < -0.3 is 10.6 Å². The molecular weight excluding hydrogens is 295 g/mol. The third-order valence-corrected chi connectivity index (χ3v) is 4.19. The van der Waals surface area contributed by atoms with Crippen LogP contribution in [0.4, 0.5) is 4.39 Å². The van der Waals surface area contributed by atoms with E-state index in [4.69, 9.17) is 0 Å². The molecule has 1 unspecified atom stereocenters. The fourth-order valence-electron chi connectivity index (χ4n) is 2.95. The van der Waals surface area contributed by atoms with Crippen molar-refractivity contribution in [3.8, 4) is 5.69 Å². The largest absolute Gasteiger partial charge is 0.350 e. The van der Waals surface area contributed by atoms with E-state index in [-0.39, 0.29) is 11.7 Å². The topological polar surface area (TPSA) is 59.0 Å². The number of carbonyl (C=O) groups is 1. The molecule has 6 heteroatoms. The Balaban J connectivity index is 1.77. The average molecular weight is 316 g/mol. The molecule has 2 N–H and O–H groups in total.